The van der Waals surface area contributed by atoms with Gasteiger partial charge in [-0.25, -0.2) is 9.78 Å². The van der Waals surface area contributed by atoms with Crippen LogP contribution in [-0.4, -0.2) is 19.5 Å². The number of rotatable bonds is 8. The maximum atomic E-state index is 11.8. The van der Waals surface area contributed by atoms with Crippen LogP contribution >= 0.6 is 0 Å². The molecule has 2 rings (SSSR count). The molecule has 2 N–H and O–H groups in total. The second-order valence-electron chi connectivity index (χ2n) is 5.40. The summed E-state index contributed by atoms with van der Waals surface area (Å²) in [5.74, 6) is 0.791. The summed E-state index contributed by atoms with van der Waals surface area (Å²) in [7, 11) is 0. The normalized spacial score (nSPS) is 11.3. The average molecular weight is 292 g/mol. The molecule has 2 heterocycles. The van der Waals surface area contributed by atoms with E-state index in [2.05, 4.69) is 21.9 Å². The van der Waals surface area contributed by atoms with Crippen LogP contribution in [0.15, 0.2) is 9.59 Å². The predicted octanol–water partition coefficient (Wildman–Crippen LogP) is 2.34. The number of hydrogen-bond donors (Lipinski definition) is 2. The largest absolute Gasteiger partial charge is 0.336 e. The summed E-state index contributed by atoms with van der Waals surface area (Å²) in [6, 6.07) is 0. The van der Waals surface area contributed by atoms with Crippen LogP contribution in [0.4, 0.5) is 0 Å². The number of imidazole rings is 1. The Morgan fingerprint density at radius 1 is 1.00 bits per heavy atom. The third kappa shape index (κ3) is 3.62. The first-order valence-corrected chi connectivity index (χ1v) is 7.89. The summed E-state index contributed by atoms with van der Waals surface area (Å²) in [6.45, 7) is 4.56. The number of unbranched alkanes of at least 4 members (excludes halogenated alkanes) is 5. The number of aromatic amines is 2. The molecule has 0 fully saturated rings. The highest BCUT2D eigenvalue weighted by Crippen LogP contribution is 2.10. The smallest absolute Gasteiger partial charge is 0.330 e. The first-order chi connectivity index (χ1) is 10.2. The molecule has 116 valence electrons. The van der Waals surface area contributed by atoms with Gasteiger partial charge in [0.1, 0.15) is 11.3 Å². The minimum atomic E-state index is -0.396. The molecule has 0 aliphatic rings. The van der Waals surface area contributed by atoms with Crippen LogP contribution in [0.5, 0.6) is 0 Å². The summed E-state index contributed by atoms with van der Waals surface area (Å²) in [5, 5.41) is 0. The van der Waals surface area contributed by atoms with Crippen molar-refractivity contribution in [3.63, 3.8) is 0 Å². The minimum absolute atomic E-state index is 0.388. The van der Waals surface area contributed by atoms with Crippen LogP contribution in [0.3, 0.4) is 0 Å². The molecule has 2 aromatic rings. The van der Waals surface area contributed by atoms with Gasteiger partial charge in [0.15, 0.2) is 5.65 Å². The average Bonchev–Trinajstić information content (AvgIpc) is 2.87. The number of H-pyrrole nitrogens is 2. The monoisotopic (exact) mass is 292 g/mol. The lowest BCUT2D eigenvalue weighted by Gasteiger charge is -2.00. The van der Waals surface area contributed by atoms with Crippen LogP contribution in [0.2, 0.25) is 0 Å². The van der Waals surface area contributed by atoms with E-state index in [1.54, 1.807) is 0 Å². The Kier molecular flexibility index (Phi) is 5.36. The Bertz CT molecular complexity index is 696. The van der Waals surface area contributed by atoms with Gasteiger partial charge in [0.05, 0.1) is 0 Å². The molecular weight excluding hydrogens is 268 g/mol. The molecule has 0 unspecified atom stereocenters. The number of aryl methyl sites for hydroxylation is 2. The molecule has 2 aromatic heterocycles. The van der Waals surface area contributed by atoms with Crippen molar-refractivity contribution in [2.24, 2.45) is 0 Å². The molecule has 6 heteroatoms. The molecule has 0 radical (unpaired) electrons. The third-order valence-electron chi connectivity index (χ3n) is 3.77. The van der Waals surface area contributed by atoms with E-state index < -0.39 is 5.69 Å². The van der Waals surface area contributed by atoms with Crippen LogP contribution < -0.4 is 11.2 Å². The maximum absolute atomic E-state index is 11.8. The van der Waals surface area contributed by atoms with E-state index >= 15 is 0 Å². The Morgan fingerprint density at radius 3 is 2.43 bits per heavy atom. The van der Waals surface area contributed by atoms with E-state index in [9.17, 15) is 9.59 Å². The van der Waals surface area contributed by atoms with Gasteiger partial charge in [-0.3, -0.25) is 14.3 Å². The third-order valence-corrected chi connectivity index (χ3v) is 3.77. The van der Waals surface area contributed by atoms with Gasteiger partial charge in [0.2, 0.25) is 0 Å². The van der Waals surface area contributed by atoms with Crippen molar-refractivity contribution in [3.05, 3.63) is 26.7 Å². The second-order valence-corrected chi connectivity index (χ2v) is 5.40. The summed E-state index contributed by atoms with van der Waals surface area (Å²) in [4.78, 5) is 33.3. The quantitative estimate of drug-likeness (QED) is 0.732. The fourth-order valence-corrected chi connectivity index (χ4v) is 2.57. The molecule has 0 saturated carbocycles. The molecule has 0 aliphatic heterocycles. The van der Waals surface area contributed by atoms with Crippen molar-refractivity contribution < 1.29 is 0 Å². The molecule has 0 atom stereocenters. The zero-order valence-corrected chi connectivity index (χ0v) is 12.9. The van der Waals surface area contributed by atoms with Gasteiger partial charge in [-0.05, 0) is 13.3 Å². The number of aromatic nitrogens is 4. The van der Waals surface area contributed by atoms with E-state index in [-0.39, 0.29) is 5.56 Å². The number of hydrogen-bond acceptors (Lipinski definition) is 3. The zero-order valence-electron chi connectivity index (χ0n) is 12.9. The number of nitrogens with zero attached hydrogens (tertiary/aromatic N) is 2. The van der Waals surface area contributed by atoms with Gasteiger partial charge in [0, 0.05) is 13.0 Å². The van der Waals surface area contributed by atoms with Crippen LogP contribution in [-0.2, 0) is 13.0 Å². The zero-order chi connectivity index (χ0) is 15.2. The van der Waals surface area contributed by atoms with Crippen molar-refractivity contribution in [3.8, 4) is 0 Å². The fraction of sp³-hybridized carbons (Fsp3) is 0.667. The molecule has 0 saturated heterocycles. The Hall–Kier alpha value is -1.85. The standard InChI is InChI=1S/C15H24N4O2/c1-3-5-6-7-8-9-10-11-16-12-13(17-11)19(4-2)15(21)18-14(12)20/h3-10H2,1-2H3,(H,16,17)(H,18,20,21). The van der Waals surface area contributed by atoms with E-state index in [0.717, 1.165) is 18.7 Å². The molecule has 6 nitrogen and oxygen atoms in total. The lowest BCUT2D eigenvalue weighted by Crippen LogP contribution is -2.29. The van der Waals surface area contributed by atoms with Gasteiger partial charge in [-0.1, -0.05) is 39.0 Å². The summed E-state index contributed by atoms with van der Waals surface area (Å²) < 4.78 is 1.48. The van der Waals surface area contributed by atoms with Crippen molar-refractivity contribution >= 4 is 11.2 Å². The van der Waals surface area contributed by atoms with Crippen molar-refractivity contribution in [2.75, 3.05) is 0 Å². The molecule has 0 bridgehead atoms. The molecule has 21 heavy (non-hydrogen) atoms. The van der Waals surface area contributed by atoms with Crippen molar-refractivity contribution in [1.29, 1.82) is 0 Å². The molecule has 0 spiro atoms. The summed E-state index contributed by atoms with van der Waals surface area (Å²) in [5.41, 5.74) is 0.0821. The van der Waals surface area contributed by atoms with Crippen molar-refractivity contribution in [2.45, 2.75) is 65.3 Å². The highest BCUT2D eigenvalue weighted by atomic mass is 16.2. The summed E-state index contributed by atoms with van der Waals surface area (Å²) >= 11 is 0. The molecule has 0 aromatic carbocycles. The van der Waals surface area contributed by atoms with Gasteiger partial charge in [-0.2, -0.15) is 0 Å². The number of nitrogens with one attached hydrogen (secondary N) is 2. The highest BCUT2D eigenvalue weighted by Gasteiger charge is 2.11. The fourth-order valence-electron chi connectivity index (χ4n) is 2.57. The van der Waals surface area contributed by atoms with Gasteiger partial charge in [-0.15, -0.1) is 0 Å². The number of fused-ring (bicyclic) bond motifs is 1. The van der Waals surface area contributed by atoms with E-state index in [1.807, 2.05) is 6.92 Å². The van der Waals surface area contributed by atoms with Gasteiger partial charge in [0.25, 0.3) is 5.56 Å². The Balaban J connectivity index is 2.07. The maximum Gasteiger partial charge on any atom is 0.330 e. The van der Waals surface area contributed by atoms with E-state index in [0.29, 0.717) is 17.7 Å². The second kappa shape index (κ2) is 7.24. The van der Waals surface area contributed by atoms with E-state index in [1.165, 1.54) is 36.7 Å². The lowest BCUT2D eigenvalue weighted by atomic mass is 10.1. The molecular formula is C15H24N4O2. The van der Waals surface area contributed by atoms with E-state index in [4.69, 9.17) is 0 Å². The van der Waals surface area contributed by atoms with Crippen LogP contribution in [0, 0.1) is 0 Å². The Labute approximate surface area is 123 Å². The first kappa shape index (κ1) is 15.5. The molecule has 0 amide bonds. The highest BCUT2D eigenvalue weighted by molar-refractivity contribution is 5.69. The Morgan fingerprint density at radius 2 is 1.71 bits per heavy atom. The topological polar surface area (TPSA) is 83.5 Å². The lowest BCUT2D eigenvalue weighted by molar-refractivity contribution is 0.602. The summed E-state index contributed by atoms with van der Waals surface area (Å²) in [6.07, 6.45) is 8.12. The predicted molar refractivity (Wildman–Crippen MR) is 83.7 cm³/mol. The van der Waals surface area contributed by atoms with Crippen LogP contribution in [0.1, 0.15) is 58.2 Å². The molecule has 0 aliphatic carbocycles. The SMILES string of the molecule is CCCCCCCCc1nc2c([nH]1)c(=O)[nH]c(=O)n2CC. The minimum Gasteiger partial charge on any atom is -0.336 e. The van der Waals surface area contributed by atoms with Crippen molar-refractivity contribution in [1.82, 2.24) is 19.5 Å². The van der Waals surface area contributed by atoms with Crippen LogP contribution in [0.25, 0.3) is 11.2 Å². The van der Waals surface area contributed by atoms with Gasteiger partial charge >= 0.3 is 5.69 Å². The first-order valence-electron chi connectivity index (χ1n) is 7.89. The van der Waals surface area contributed by atoms with Gasteiger partial charge < -0.3 is 4.98 Å².